The number of aromatic nitrogens is 2. The highest BCUT2D eigenvalue weighted by molar-refractivity contribution is 6.29. The zero-order chi connectivity index (χ0) is 13.9. The SMILES string of the molecule is O=c1nc(Cl)cc(-c2ccccc2)n1-c1ccccc1. The summed E-state index contributed by atoms with van der Waals surface area (Å²) in [6.07, 6.45) is 0. The molecule has 0 spiro atoms. The van der Waals surface area contributed by atoms with Crippen molar-refractivity contribution in [3.8, 4) is 16.9 Å². The lowest BCUT2D eigenvalue weighted by Gasteiger charge is -2.12. The second kappa shape index (κ2) is 5.31. The van der Waals surface area contributed by atoms with E-state index >= 15 is 0 Å². The van der Waals surface area contributed by atoms with Crippen molar-refractivity contribution in [1.82, 2.24) is 9.55 Å². The molecule has 0 atom stereocenters. The maximum Gasteiger partial charge on any atom is 0.354 e. The number of halogens is 1. The van der Waals surface area contributed by atoms with Crippen LogP contribution in [0.15, 0.2) is 71.5 Å². The molecule has 1 aromatic heterocycles. The molecule has 0 aliphatic carbocycles. The Morgan fingerprint density at radius 3 is 2.15 bits per heavy atom. The molecule has 0 saturated heterocycles. The van der Waals surface area contributed by atoms with Gasteiger partial charge in [0.05, 0.1) is 11.4 Å². The molecule has 0 aliphatic heterocycles. The van der Waals surface area contributed by atoms with Crippen molar-refractivity contribution in [3.05, 3.63) is 82.4 Å². The van der Waals surface area contributed by atoms with Crippen LogP contribution in [-0.4, -0.2) is 9.55 Å². The normalized spacial score (nSPS) is 10.4. The number of hydrogen-bond acceptors (Lipinski definition) is 2. The molecule has 0 N–H and O–H groups in total. The molecule has 0 amide bonds. The van der Waals surface area contributed by atoms with Crippen molar-refractivity contribution in [1.29, 1.82) is 0 Å². The molecule has 0 fully saturated rings. The van der Waals surface area contributed by atoms with E-state index in [0.717, 1.165) is 16.9 Å². The van der Waals surface area contributed by atoms with Crippen LogP contribution in [0.3, 0.4) is 0 Å². The number of benzene rings is 2. The molecule has 0 aliphatic rings. The van der Waals surface area contributed by atoms with Crippen molar-refractivity contribution in [3.63, 3.8) is 0 Å². The van der Waals surface area contributed by atoms with Crippen molar-refractivity contribution in [2.75, 3.05) is 0 Å². The summed E-state index contributed by atoms with van der Waals surface area (Å²) in [5, 5.41) is 0.195. The van der Waals surface area contributed by atoms with Gasteiger partial charge in [0.2, 0.25) is 0 Å². The topological polar surface area (TPSA) is 34.9 Å². The molecule has 2 aromatic carbocycles. The third-order valence-corrected chi connectivity index (χ3v) is 3.17. The van der Waals surface area contributed by atoms with E-state index in [2.05, 4.69) is 4.98 Å². The average molecular weight is 283 g/mol. The number of hydrogen-bond donors (Lipinski definition) is 0. The fraction of sp³-hybridized carbons (Fsp3) is 0. The fourth-order valence-electron chi connectivity index (χ4n) is 2.10. The first-order valence-electron chi connectivity index (χ1n) is 6.16. The maximum absolute atomic E-state index is 12.2. The Balaban J connectivity index is 2.32. The second-order valence-corrected chi connectivity index (χ2v) is 4.67. The lowest BCUT2D eigenvalue weighted by Crippen LogP contribution is -2.22. The van der Waals surface area contributed by atoms with E-state index in [-0.39, 0.29) is 10.8 Å². The van der Waals surface area contributed by atoms with Gasteiger partial charge in [0.15, 0.2) is 0 Å². The lowest BCUT2D eigenvalue weighted by atomic mass is 10.1. The van der Waals surface area contributed by atoms with Crippen LogP contribution in [0.1, 0.15) is 0 Å². The van der Waals surface area contributed by atoms with Gasteiger partial charge in [-0.05, 0) is 17.7 Å². The summed E-state index contributed by atoms with van der Waals surface area (Å²) < 4.78 is 1.56. The van der Waals surface area contributed by atoms with Crippen LogP contribution in [0.4, 0.5) is 0 Å². The Morgan fingerprint density at radius 2 is 1.50 bits per heavy atom. The van der Waals surface area contributed by atoms with Crippen molar-refractivity contribution < 1.29 is 0 Å². The van der Waals surface area contributed by atoms with E-state index in [0.29, 0.717) is 0 Å². The van der Waals surface area contributed by atoms with Gasteiger partial charge in [0.1, 0.15) is 5.15 Å². The second-order valence-electron chi connectivity index (χ2n) is 4.28. The molecule has 4 heteroatoms. The van der Waals surface area contributed by atoms with Gasteiger partial charge in [-0.25, -0.2) is 4.79 Å². The summed E-state index contributed by atoms with van der Waals surface area (Å²) in [6, 6.07) is 20.7. The Labute approximate surface area is 121 Å². The van der Waals surface area contributed by atoms with Gasteiger partial charge in [0.25, 0.3) is 0 Å². The molecule has 3 rings (SSSR count). The first-order valence-corrected chi connectivity index (χ1v) is 6.54. The van der Waals surface area contributed by atoms with E-state index < -0.39 is 0 Å². The predicted molar refractivity (Wildman–Crippen MR) is 80.3 cm³/mol. The van der Waals surface area contributed by atoms with Crippen LogP contribution in [0.5, 0.6) is 0 Å². The van der Waals surface area contributed by atoms with Crippen LogP contribution in [0.25, 0.3) is 16.9 Å². The molecule has 20 heavy (non-hydrogen) atoms. The number of rotatable bonds is 2. The molecule has 1 heterocycles. The molecule has 98 valence electrons. The van der Waals surface area contributed by atoms with Crippen molar-refractivity contribution >= 4 is 11.6 Å². The Kier molecular flexibility index (Phi) is 3.35. The molecule has 0 bridgehead atoms. The van der Waals surface area contributed by atoms with E-state index in [1.807, 2.05) is 60.7 Å². The van der Waals surface area contributed by atoms with Gasteiger partial charge < -0.3 is 0 Å². The molecule has 0 radical (unpaired) electrons. The summed E-state index contributed by atoms with van der Waals surface area (Å²) in [7, 11) is 0. The van der Waals surface area contributed by atoms with Crippen LogP contribution in [0.2, 0.25) is 5.15 Å². The molecular formula is C16H11ClN2O. The van der Waals surface area contributed by atoms with E-state index in [4.69, 9.17) is 11.6 Å². The number of nitrogens with zero attached hydrogens (tertiary/aromatic N) is 2. The smallest absolute Gasteiger partial charge is 0.260 e. The molecular weight excluding hydrogens is 272 g/mol. The molecule has 0 saturated carbocycles. The first kappa shape index (κ1) is 12.6. The van der Waals surface area contributed by atoms with Crippen LogP contribution in [-0.2, 0) is 0 Å². The summed E-state index contributed by atoms with van der Waals surface area (Å²) in [5.74, 6) is 0. The quantitative estimate of drug-likeness (QED) is 0.674. The van der Waals surface area contributed by atoms with Crippen molar-refractivity contribution in [2.45, 2.75) is 0 Å². The summed E-state index contributed by atoms with van der Waals surface area (Å²) in [4.78, 5) is 16.0. The number of para-hydroxylation sites is 1. The first-order chi connectivity index (χ1) is 9.75. The Morgan fingerprint density at radius 1 is 0.900 bits per heavy atom. The predicted octanol–water partition coefficient (Wildman–Crippen LogP) is 3.55. The Bertz CT molecular complexity index is 783. The van der Waals surface area contributed by atoms with Gasteiger partial charge in [-0.15, -0.1) is 0 Å². The largest absolute Gasteiger partial charge is 0.354 e. The van der Waals surface area contributed by atoms with Gasteiger partial charge in [-0.1, -0.05) is 60.1 Å². The van der Waals surface area contributed by atoms with E-state index in [1.54, 1.807) is 10.6 Å². The van der Waals surface area contributed by atoms with Crippen LogP contribution < -0.4 is 5.69 Å². The minimum atomic E-state index is -0.387. The van der Waals surface area contributed by atoms with Crippen molar-refractivity contribution in [2.24, 2.45) is 0 Å². The van der Waals surface area contributed by atoms with Gasteiger partial charge in [-0.3, -0.25) is 4.57 Å². The van der Waals surface area contributed by atoms with Gasteiger partial charge >= 0.3 is 5.69 Å². The highest BCUT2D eigenvalue weighted by Gasteiger charge is 2.10. The molecule has 3 nitrogen and oxygen atoms in total. The summed E-state index contributed by atoms with van der Waals surface area (Å²) in [6.45, 7) is 0. The lowest BCUT2D eigenvalue weighted by molar-refractivity contribution is 0.923. The summed E-state index contributed by atoms with van der Waals surface area (Å²) in [5.41, 5.74) is 2.02. The van der Waals surface area contributed by atoms with Gasteiger partial charge in [0, 0.05) is 6.07 Å². The molecule has 0 unspecified atom stereocenters. The maximum atomic E-state index is 12.2. The third-order valence-electron chi connectivity index (χ3n) is 2.97. The van der Waals surface area contributed by atoms with E-state index in [1.165, 1.54) is 0 Å². The fourth-order valence-corrected chi connectivity index (χ4v) is 2.28. The highest BCUT2D eigenvalue weighted by Crippen LogP contribution is 2.22. The minimum absolute atomic E-state index is 0.195. The zero-order valence-corrected chi connectivity index (χ0v) is 11.3. The minimum Gasteiger partial charge on any atom is -0.260 e. The summed E-state index contributed by atoms with van der Waals surface area (Å²) >= 11 is 5.94. The Hall–Kier alpha value is -2.39. The standard InChI is InChI=1S/C16H11ClN2O/c17-15-11-14(12-7-3-1-4-8-12)19(16(20)18-15)13-9-5-2-6-10-13/h1-11H. The zero-order valence-electron chi connectivity index (χ0n) is 10.5. The third kappa shape index (κ3) is 2.36. The average Bonchev–Trinajstić information content (AvgIpc) is 2.48. The van der Waals surface area contributed by atoms with E-state index in [9.17, 15) is 4.79 Å². The van der Waals surface area contributed by atoms with Gasteiger partial charge in [-0.2, -0.15) is 4.98 Å². The van der Waals surface area contributed by atoms with Crippen LogP contribution >= 0.6 is 11.6 Å². The monoisotopic (exact) mass is 282 g/mol. The highest BCUT2D eigenvalue weighted by atomic mass is 35.5. The van der Waals surface area contributed by atoms with Crippen LogP contribution in [0, 0.1) is 0 Å². The molecule has 3 aromatic rings.